The van der Waals surface area contributed by atoms with Crippen LogP contribution in [0.15, 0.2) is 67.0 Å². The minimum atomic E-state index is 0.109. The molecule has 1 saturated heterocycles. The van der Waals surface area contributed by atoms with Crippen molar-refractivity contribution in [2.45, 2.75) is 45.6 Å². The standard InChI is InChI=1S/C30H32N4/c1-30(2,3)25-10-8-24(9-11-25)29-28(23-6-4-21(18-31)5-7-23)26-14-17-34(27(26)19-33-29)20-22-12-15-32-16-13-22/h4-11,14,17,19,22,32H,12-13,15-16,20H2,1-3H3. The summed E-state index contributed by atoms with van der Waals surface area (Å²) in [4.78, 5) is 5.02. The molecule has 1 fully saturated rings. The first-order valence-electron chi connectivity index (χ1n) is 12.2. The van der Waals surface area contributed by atoms with Gasteiger partial charge in [0.1, 0.15) is 0 Å². The molecule has 2 aromatic heterocycles. The monoisotopic (exact) mass is 448 g/mol. The van der Waals surface area contributed by atoms with Gasteiger partial charge in [-0.3, -0.25) is 4.98 Å². The van der Waals surface area contributed by atoms with Gasteiger partial charge in [-0.25, -0.2) is 0 Å². The minimum Gasteiger partial charge on any atom is -0.346 e. The number of hydrogen-bond donors (Lipinski definition) is 1. The molecule has 0 unspecified atom stereocenters. The lowest BCUT2D eigenvalue weighted by molar-refractivity contribution is 0.337. The van der Waals surface area contributed by atoms with Gasteiger partial charge in [-0.1, -0.05) is 57.2 Å². The Hall–Kier alpha value is -3.42. The first-order chi connectivity index (χ1) is 16.4. The third-order valence-electron chi connectivity index (χ3n) is 7.07. The Balaban J connectivity index is 1.63. The lowest BCUT2D eigenvalue weighted by Gasteiger charge is -2.23. The van der Waals surface area contributed by atoms with Crippen molar-refractivity contribution in [2.75, 3.05) is 13.1 Å². The zero-order chi connectivity index (χ0) is 23.7. The highest BCUT2D eigenvalue weighted by Crippen LogP contribution is 2.38. The maximum Gasteiger partial charge on any atom is 0.0991 e. The Bertz CT molecular complexity index is 1330. The van der Waals surface area contributed by atoms with Gasteiger partial charge < -0.3 is 9.88 Å². The van der Waals surface area contributed by atoms with Crippen molar-refractivity contribution >= 4 is 10.9 Å². The number of hydrogen-bond acceptors (Lipinski definition) is 3. The van der Waals surface area contributed by atoms with Crippen molar-refractivity contribution < 1.29 is 0 Å². The summed E-state index contributed by atoms with van der Waals surface area (Å²) in [6, 6.07) is 21.2. The molecule has 0 amide bonds. The zero-order valence-corrected chi connectivity index (χ0v) is 20.3. The Morgan fingerprint density at radius 2 is 1.65 bits per heavy atom. The summed E-state index contributed by atoms with van der Waals surface area (Å²) in [6.07, 6.45) is 6.69. The van der Waals surface area contributed by atoms with E-state index in [1.807, 2.05) is 30.5 Å². The minimum absolute atomic E-state index is 0.109. The number of nitriles is 1. The number of benzene rings is 2. The second-order valence-corrected chi connectivity index (χ2v) is 10.5. The van der Waals surface area contributed by atoms with Crippen LogP contribution >= 0.6 is 0 Å². The number of rotatable bonds is 4. The van der Waals surface area contributed by atoms with Crippen molar-refractivity contribution in [3.8, 4) is 28.5 Å². The summed E-state index contributed by atoms with van der Waals surface area (Å²) < 4.78 is 2.37. The first kappa shape index (κ1) is 22.4. The Labute approximate surface area is 202 Å². The first-order valence-corrected chi connectivity index (χ1v) is 12.2. The fourth-order valence-electron chi connectivity index (χ4n) is 5.01. The summed E-state index contributed by atoms with van der Waals surface area (Å²) in [7, 11) is 0. The van der Waals surface area contributed by atoms with E-state index in [0.717, 1.165) is 42.0 Å². The van der Waals surface area contributed by atoms with Crippen molar-refractivity contribution in [1.82, 2.24) is 14.9 Å². The smallest absolute Gasteiger partial charge is 0.0991 e. The van der Waals surface area contributed by atoms with Gasteiger partial charge in [-0.05, 0) is 66.6 Å². The van der Waals surface area contributed by atoms with E-state index in [9.17, 15) is 5.26 Å². The Morgan fingerprint density at radius 1 is 0.971 bits per heavy atom. The molecule has 2 aromatic carbocycles. The van der Waals surface area contributed by atoms with Crippen LogP contribution in [-0.2, 0) is 12.0 Å². The van der Waals surface area contributed by atoms with Crippen LogP contribution in [0.5, 0.6) is 0 Å². The van der Waals surface area contributed by atoms with E-state index < -0.39 is 0 Å². The van der Waals surface area contributed by atoms with E-state index in [0.29, 0.717) is 11.5 Å². The highest BCUT2D eigenvalue weighted by Gasteiger charge is 2.19. The average molecular weight is 449 g/mol. The summed E-state index contributed by atoms with van der Waals surface area (Å²) in [5.41, 5.74) is 7.58. The molecular formula is C30H32N4. The second-order valence-electron chi connectivity index (χ2n) is 10.5. The van der Waals surface area contributed by atoms with Crippen LogP contribution in [-0.4, -0.2) is 22.6 Å². The Kier molecular flexibility index (Phi) is 5.98. The summed E-state index contributed by atoms with van der Waals surface area (Å²) in [6.45, 7) is 9.94. The third-order valence-corrected chi connectivity index (χ3v) is 7.07. The topological polar surface area (TPSA) is 53.6 Å². The molecule has 0 radical (unpaired) electrons. The van der Waals surface area contributed by atoms with Gasteiger partial charge in [0.15, 0.2) is 0 Å². The number of aromatic nitrogens is 2. The van der Waals surface area contributed by atoms with E-state index in [-0.39, 0.29) is 5.41 Å². The van der Waals surface area contributed by atoms with Crippen LogP contribution in [0, 0.1) is 17.2 Å². The molecule has 0 saturated carbocycles. The maximum absolute atomic E-state index is 9.28. The van der Waals surface area contributed by atoms with Crippen LogP contribution in [0.2, 0.25) is 0 Å². The number of nitrogens with zero attached hydrogens (tertiary/aromatic N) is 3. The molecule has 0 atom stereocenters. The van der Waals surface area contributed by atoms with Crippen molar-refractivity contribution in [1.29, 1.82) is 5.26 Å². The van der Waals surface area contributed by atoms with Crippen LogP contribution in [0.3, 0.4) is 0 Å². The molecule has 34 heavy (non-hydrogen) atoms. The predicted octanol–water partition coefficient (Wildman–Crippen LogP) is 6.54. The maximum atomic E-state index is 9.28. The van der Waals surface area contributed by atoms with E-state index >= 15 is 0 Å². The van der Waals surface area contributed by atoms with Crippen LogP contribution in [0.4, 0.5) is 0 Å². The van der Waals surface area contributed by atoms with Crippen molar-refractivity contribution in [2.24, 2.45) is 5.92 Å². The van der Waals surface area contributed by atoms with Crippen LogP contribution < -0.4 is 5.32 Å². The molecule has 1 aliphatic rings. The molecule has 4 aromatic rings. The molecule has 4 nitrogen and oxygen atoms in total. The Morgan fingerprint density at radius 3 is 2.29 bits per heavy atom. The zero-order valence-electron chi connectivity index (χ0n) is 20.3. The van der Waals surface area contributed by atoms with Crippen LogP contribution in [0.1, 0.15) is 44.7 Å². The van der Waals surface area contributed by atoms with Gasteiger partial charge in [0.25, 0.3) is 0 Å². The molecular weight excluding hydrogens is 416 g/mol. The molecule has 0 spiro atoms. The van der Waals surface area contributed by atoms with Crippen LogP contribution in [0.25, 0.3) is 33.3 Å². The van der Waals surface area contributed by atoms with Gasteiger partial charge in [0.05, 0.1) is 29.0 Å². The van der Waals surface area contributed by atoms with E-state index in [4.69, 9.17) is 4.98 Å². The number of nitrogens with one attached hydrogen (secondary N) is 1. The molecule has 0 bridgehead atoms. The number of piperidine rings is 1. The lowest BCUT2D eigenvalue weighted by Crippen LogP contribution is -2.29. The molecule has 4 heteroatoms. The van der Waals surface area contributed by atoms with Gasteiger partial charge in [-0.2, -0.15) is 5.26 Å². The number of pyridine rings is 1. The van der Waals surface area contributed by atoms with E-state index in [1.165, 1.54) is 29.3 Å². The van der Waals surface area contributed by atoms with E-state index in [2.05, 4.69) is 73.3 Å². The van der Waals surface area contributed by atoms with E-state index in [1.54, 1.807) is 0 Å². The predicted molar refractivity (Wildman–Crippen MR) is 140 cm³/mol. The largest absolute Gasteiger partial charge is 0.346 e. The SMILES string of the molecule is CC(C)(C)c1ccc(-c2ncc3c(ccn3CC3CCNCC3)c2-c2ccc(C#N)cc2)cc1. The van der Waals surface area contributed by atoms with Gasteiger partial charge >= 0.3 is 0 Å². The number of fused-ring (bicyclic) bond motifs is 1. The molecule has 1 aliphatic heterocycles. The molecule has 0 aliphatic carbocycles. The summed E-state index contributed by atoms with van der Waals surface area (Å²) in [5, 5.41) is 14.0. The fraction of sp³-hybridized carbons (Fsp3) is 0.333. The molecule has 5 rings (SSSR count). The second kappa shape index (κ2) is 9.08. The quantitative estimate of drug-likeness (QED) is 0.386. The average Bonchev–Trinajstić information content (AvgIpc) is 3.26. The fourth-order valence-corrected chi connectivity index (χ4v) is 5.01. The molecule has 3 heterocycles. The highest BCUT2D eigenvalue weighted by atomic mass is 15.0. The third kappa shape index (κ3) is 4.36. The molecule has 1 N–H and O–H groups in total. The van der Waals surface area contributed by atoms with Gasteiger partial charge in [-0.15, -0.1) is 0 Å². The normalized spacial score (nSPS) is 14.9. The van der Waals surface area contributed by atoms with Gasteiger partial charge in [0, 0.05) is 29.3 Å². The summed E-state index contributed by atoms with van der Waals surface area (Å²) in [5.74, 6) is 0.694. The summed E-state index contributed by atoms with van der Waals surface area (Å²) >= 11 is 0. The van der Waals surface area contributed by atoms with Gasteiger partial charge in [0.2, 0.25) is 0 Å². The highest BCUT2D eigenvalue weighted by molar-refractivity contribution is 6.01. The molecule has 172 valence electrons. The lowest BCUT2D eigenvalue weighted by atomic mass is 9.86. The van der Waals surface area contributed by atoms with Crippen molar-refractivity contribution in [3.63, 3.8) is 0 Å². The van der Waals surface area contributed by atoms with Crippen molar-refractivity contribution in [3.05, 3.63) is 78.1 Å².